The van der Waals surface area contributed by atoms with Gasteiger partial charge in [-0.1, -0.05) is 103 Å². The van der Waals surface area contributed by atoms with Gasteiger partial charge in [0.25, 0.3) is 0 Å². The van der Waals surface area contributed by atoms with Gasteiger partial charge in [-0.25, -0.2) is 24.9 Å². The molecule has 3 aromatic heterocycles. The van der Waals surface area contributed by atoms with Gasteiger partial charge in [-0.3, -0.25) is 14.1 Å². The van der Waals surface area contributed by atoms with E-state index in [2.05, 4.69) is 127 Å². The Bertz CT molecular complexity index is 2770. The van der Waals surface area contributed by atoms with Gasteiger partial charge in [-0.15, -0.1) is 0 Å². The number of allylic oxidation sites excluding steroid dienone is 2. The van der Waals surface area contributed by atoms with E-state index in [1.165, 1.54) is 0 Å². The fraction of sp³-hybridized carbons (Fsp3) is 0.130. The molecule has 0 radical (unpaired) electrons. The number of benzene rings is 5. The highest BCUT2D eigenvalue weighted by molar-refractivity contribution is 6.11. The molecule has 0 bridgehead atoms. The Balaban J connectivity index is 1.30. The lowest BCUT2D eigenvalue weighted by atomic mass is 9.87. The van der Waals surface area contributed by atoms with E-state index in [0.29, 0.717) is 35.0 Å². The molecule has 0 saturated heterocycles. The van der Waals surface area contributed by atoms with Crippen LogP contribution in [0.15, 0.2) is 151 Å². The summed E-state index contributed by atoms with van der Waals surface area (Å²) in [5.74, 6) is 3.13. The fourth-order valence-corrected chi connectivity index (χ4v) is 8.00. The van der Waals surface area contributed by atoms with E-state index < -0.39 is 5.54 Å². The summed E-state index contributed by atoms with van der Waals surface area (Å²) < 4.78 is 4.31. The van der Waals surface area contributed by atoms with Crippen molar-refractivity contribution >= 4 is 33.6 Å². The number of para-hydroxylation sites is 7. The summed E-state index contributed by atoms with van der Waals surface area (Å²) in [6.45, 7) is 8.57. The largest absolute Gasteiger partial charge is 0.311 e. The van der Waals surface area contributed by atoms with Crippen molar-refractivity contribution in [3.05, 3.63) is 168 Å². The van der Waals surface area contributed by atoms with Gasteiger partial charge < -0.3 is 4.90 Å². The molecule has 2 aliphatic rings. The Morgan fingerprint density at radius 2 is 0.945 bits per heavy atom. The topological polar surface area (TPSA) is 89.9 Å². The smallest absolute Gasteiger partial charge is 0.200 e. The number of hydrogen-bond acceptors (Lipinski definition) is 7. The van der Waals surface area contributed by atoms with Gasteiger partial charge in [0.1, 0.15) is 0 Å². The molecule has 1 aliphatic heterocycles. The van der Waals surface area contributed by atoms with E-state index >= 15 is 0 Å². The number of amidine groups is 1. The minimum Gasteiger partial charge on any atom is -0.311 e. The van der Waals surface area contributed by atoms with E-state index in [1.54, 1.807) is 0 Å². The molecule has 9 heteroatoms. The van der Waals surface area contributed by atoms with Crippen LogP contribution in [0.5, 0.6) is 0 Å². The lowest BCUT2D eigenvalue weighted by Gasteiger charge is -2.39. The molecule has 55 heavy (non-hydrogen) atoms. The van der Waals surface area contributed by atoms with Crippen molar-refractivity contribution in [1.82, 2.24) is 34.1 Å². The number of hydrogen-bond donors (Lipinski definition) is 0. The maximum absolute atomic E-state index is 5.39. The zero-order valence-electron chi connectivity index (χ0n) is 31.0. The summed E-state index contributed by atoms with van der Waals surface area (Å²) in [5, 5.41) is 0. The Kier molecular flexibility index (Phi) is 7.45. The molecule has 10 rings (SSSR count). The van der Waals surface area contributed by atoms with Crippen LogP contribution in [0.4, 0.5) is 5.69 Å². The third-order valence-corrected chi connectivity index (χ3v) is 10.8. The molecular weight excluding hydrogens is 679 g/mol. The van der Waals surface area contributed by atoms with Crippen LogP contribution < -0.4 is 4.90 Å². The van der Waals surface area contributed by atoms with Crippen LogP contribution in [0.25, 0.3) is 56.7 Å². The van der Waals surface area contributed by atoms with Gasteiger partial charge in [0.15, 0.2) is 23.3 Å². The Morgan fingerprint density at radius 1 is 0.491 bits per heavy atom. The predicted octanol–water partition coefficient (Wildman–Crippen LogP) is 9.33. The molecule has 266 valence electrons. The zero-order valence-corrected chi connectivity index (χ0v) is 31.0. The van der Waals surface area contributed by atoms with Crippen LogP contribution in [0.1, 0.15) is 29.4 Å². The zero-order chi connectivity index (χ0) is 37.3. The monoisotopic (exact) mass is 715 g/mol. The molecule has 8 aromatic rings. The van der Waals surface area contributed by atoms with E-state index in [1.807, 2.05) is 60.7 Å². The van der Waals surface area contributed by atoms with Crippen molar-refractivity contribution in [2.24, 2.45) is 4.99 Å². The molecule has 0 amide bonds. The molecular formula is C46H37N9. The quantitative estimate of drug-likeness (QED) is 0.171. The Morgan fingerprint density at radius 3 is 1.47 bits per heavy atom. The number of imidazole rings is 2. The number of nitrogens with zero attached hydrogens (tertiary/aromatic N) is 9. The van der Waals surface area contributed by atoms with Crippen LogP contribution in [-0.2, 0) is 0 Å². The first-order valence-electron chi connectivity index (χ1n) is 18.5. The normalized spacial score (nSPS) is 17.6. The Labute approximate surface area is 318 Å². The van der Waals surface area contributed by atoms with Crippen LogP contribution in [0, 0.1) is 20.8 Å². The summed E-state index contributed by atoms with van der Waals surface area (Å²) in [4.78, 5) is 34.1. The molecule has 4 heterocycles. The summed E-state index contributed by atoms with van der Waals surface area (Å²) in [5.41, 5.74) is 9.44. The summed E-state index contributed by atoms with van der Waals surface area (Å²) in [6, 6.07) is 41.2. The third-order valence-electron chi connectivity index (χ3n) is 10.8. The van der Waals surface area contributed by atoms with Crippen molar-refractivity contribution < 1.29 is 0 Å². The lowest BCUT2D eigenvalue weighted by molar-refractivity contribution is 0.545. The van der Waals surface area contributed by atoms with E-state index in [-0.39, 0.29) is 6.04 Å². The minimum atomic E-state index is -0.494. The van der Waals surface area contributed by atoms with Gasteiger partial charge in [0, 0.05) is 5.69 Å². The summed E-state index contributed by atoms with van der Waals surface area (Å²) in [7, 11) is 0. The second kappa shape index (κ2) is 12.6. The van der Waals surface area contributed by atoms with Crippen LogP contribution >= 0.6 is 0 Å². The number of aliphatic imine (C=N–C) groups is 1. The van der Waals surface area contributed by atoms with Crippen LogP contribution in [0.3, 0.4) is 0 Å². The van der Waals surface area contributed by atoms with Gasteiger partial charge in [-0.2, -0.15) is 0 Å². The van der Waals surface area contributed by atoms with E-state index in [0.717, 1.165) is 55.8 Å². The van der Waals surface area contributed by atoms with Crippen molar-refractivity contribution in [2.45, 2.75) is 39.3 Å². The molecule has 5 aromatic carbocycles. The SMILES string of the molecule is Cc1ccccc1N1C(c2nc(-c3nc4ccccc4n3-c3ccccc3C)nc(-c3nc4ccccc4n3-c3ccccc3C)n2)=NC2C=CC=CC21C. The standard InChI is InChI=1S/C46H37N9/c1-29-17-5-10-22-34(29)53-37-25-13-8-20-32(37)47-43(53)40-50-41(44-48-33-21-9-14-26-38(33)54(44)35-23-11-6-18-30(35)2)52-42(51-40)45-49-39-27-15-16-28-46(39,4)55(45)36-24-12-7-19-31(36)3/h5-28,39H,1-4H3. The van der Waals surface area contributed by atoms with Crippen LogP contribution in [-0.4, -0.2) is 51.5 Å². The Hall–Kier alpha value is -7.00. The average molecular weight is 716 g/mol. The number of aromatic nitrogens is 7. The average Bonchev–Trinajstić information content (AvgIpc) is 3.88. The fourth-order valence-electron chi connectivity index (χ4n) is 8.00. The molecule has 0 N–H and O–H groups in total. The third kappa shape index (κ3) is 5.15. The van der Waals surface area contributed by atoms with Gasteiger partial charge in [0.2, 0.25) is 11.6 Å². The maximum Gasteiger partial charge on any atom is 0.200 e. The van der Waals surface area contributed by atoms with E-state index in [9.17, 15) is 0 Å². The highest BCUT2D eigenvalue weighted by atomic mass is 15.3. The van der Waals surface area contributed by atoms with Gasteiger partial charge >= 0.3 is 0 Å². The second-order valence-corrected chi connectivity index (χ2v) is 14.4. The maximum atomic E-state index is 5.39. The highest BCUT2D eigenvalue weighted by Crippen LogP contribution is 2.41. The highest BCUT2D eigenvalue weighted by Gasteiger charge is 2.47. The van der Waals surface area contributed by atoms with E-state index in [4.69, 9.17) is 29.9 Å². The molecule has 0 saturated carbocycles. The van der Waals surface area contributed by atoms with Crippen molar-refractivity contribution in [3.8, 4) is 34.7 Å². The van der Waals surface area contributed by atoms with Crippen molar-refractivity contribution in [3.63, 3.8) is 0 Å². The number of fused-ring (bicyclic) bond motifs is 3. The molecule has 0 fully saturated rings. The molecule has 0 spiro atoms. The summed E-state index contributed by atoms with van der Waals surface area (Å²) >= 11 is 0. The van der Waals surface area contributed by atoms with Gasteiger partial charge in [-0.05, 0) is 86.8 Å². The van der Waals surface area contributed by atoms with Crippen molar-refractivity contribution in [1.29, 1.82) is 0 Å². The predicted molar refractivity (Wildman–Crippen MR) is 220 cm³/mol. The number of anilines is 1. The molecule has 2 atom stereocenters. The number of rotatable bonds is 6. The lowest BCUT2D eigenvalue weighted by Crippen LogP contribution is -2.50. The molecule has 1 aliphatic carbocycles. The molecule has 2 unspecified atom stereocenters. The second-order valence-electron chi connectivity index (χ2n) is 14.4. The summed E-state index contributed by atoms with van der Waals surface area (Å²) in [6.07, 6.45) is 8.53. The first-order chi connectivity index (χ1) is 26.9. The number of aryl methyl sites for hydroxylation is 3. The van der Waals surface area contributed by atoms with Crippen molar-refractivity contribution in [2.75, 3.05) is 4.90 Å². The van der Waals surface area contributed by atoms with Crippen LogP contribution in [0.2, 0.25) is 0 Å². The minimum absolute atomic E-state index is 0.163. The first kappa shape index (κ1) is 32.6. The molecule has 9 nitrogen and oxygen atoms in total. The first-order valence-corrected chi connectivity index (χ1v) is 18.5. The van der Waals surface area contributed by atoms with Gasteiger partial charge in [0.05, 0.1) is 45.0 Å².